The second kappa shape index (κ2) is 36.4. The lowest BCUT2D eigenvalue weighted by atomic mass is 9.60. The summed E-state index contributed by atoms with van der Waals surface area (Å²) < 4.78 is 0. The van der Waals surface area contributed by atoms with Gasteiger partial charge in [-0.1, -0.05) is 239 Å². The molecule has 3 atom stereocenters. The maximum Gasteiger partial charge on any atom is 0.311 e. The quantitative estimate of drug-likeness (QED) is 0.0538. The standard InChI is InChI=1S/C46H88O6/c1-4-7-10-13-16-19-21-23-24-26-28-30-33-36-39-42(44(49)50)46(45(51)52,40-37-34-31-18-15-12-9-6-3)41(43(47)48)38-35-32-29-27-25-22-20-17-14-11-8-5-2/h41-42H,4-40H2,1-3H3,(H,47,48)(H,49,50)(H,51,52). The molecule has 6 nitrogen and oxygen atoms in total. The van der Waals surface area contributed by atoms with Gasteiger partial charge >= 0.3 is 17.9 Å². The van der Waals surface area contributed by atoms with E-state index in [0.29, 0.717) is 19.3 Å². The predicted octanol–water partition coefficient (Wildman–Crippen LogP) is 15.0. The van der Waals surface area contributed by atoms with Crippen molar-refractivity contribution in [3.63, 3.8) is 0 Å². The second-order valence-corrected chi connectivity index (χ2v) is 16.4. The first-order chi connectivity index (χ1) is 25.3. The van der Waals surface area contributed by atoms with Crippen molar-refractivity contribution in [1.82, 2.24) is 0 Å². The molecule has 0 rings (SSSR count). The molecule has 52 heavy (non-hydrogen) atoms. The molecule has 0 amide bonds. The summed E-state index contributed by atoms with van der Waals surface area (Å²) in [5, 5.41) is 31.9. The Labute approximate surface area is 322 Å². The lowest BCUT2D eigenvalue weighted by molar-refractivity contribution is -0.176. The number of unbranched alkanes of at least 4 members (excludes halogenated alkanes) is 31. The number of carboxylic acids is 3. The van der Waals surface area contributed by atoms with Gasteiger partial charge < -0.3 is 15.3 Å². The summed E-state index contributed by atoms with van der Waals surface area (Å²) in [6.07, 6.45) is 39.4. The van der Waals surface area contributed by atoms with E-state index >= 15 is 0 Å². The Morgan fingerprint density at radius 3 is 0.769 bits per heavy atom. The summed E-state index contributed by atoms with van der Waals surface area (Å²) in [4.78, 5) is 39.1. The Morgan fingerprint density at radius 2 is 0.558 bits per heavy atom. The average molecular weight is 737 g/mol. The lowest BCUT2D eigenvalue weighted by Crippen LogP contribution is -2.51. The molecule has 0 saturated heterocycles. The van der Waals surface area contributed by atoms with Gasteiger partial charge in [0.2, 0.25) is 0 Å². The zero-order chi connectivity index (χ0) is 38.5. The van der Waals surface area contributed by atoms with Crippen molar-refractivity contribution in [3.8, 4) is 0 Å². The highest BCUT2D eigenvalue weighted by Crippen LogP contribution is 2.47. The minimum absolute atomic E-state index is 0.127. The van der Waals surface area contributed by atoms with Crippen LogP contribution in [0.1, 0.15) is 258 Å². The molecule has 6 heteroatoms. The third kappa shape index (κ3) is 25.4. The van der Waals surface area contributed by atoms with Crippen molar-refractivity contribution in [2.24, 2.45) is 17.3 Å². The zero-order valence-corrected chi connectivity index (χ0v) is 34.9. The van der Waals surface area contributed by atoms with E-state index in [0.717, 1.165) is 64.2 Å². The first-order valence-corrected chi connectivity index (χ1v) is 23.0. The number of hydrogen-bond acceptors (Lipinski definition) is 3. The first kappa shape index (κ1) is 50.4. The van der Waals surface area contributed by atoms with E-state index in [2.05, 4.69) is 20.8 Å². The van der Waals surface area contributed by atoms with Crippen LogP contribution in [0.4, 0.5) is 0 Å². The summed E-state index contributed by atoms with van der Waals surface area (Å²) in [5.41, 5.74) is -1.78. The van der Waals surface area contributed by atoms with E-state index < -0.39 is 35.2 Å². The highest BCUT2D eigenvalue weighted by atomic mass is 16.4. The Balaban J connectivity index is 5.19. The summed E-state index contributed by atoms with van der Waals surface area (Å²) in [7, 11) is 0. The Kier molecular flexibility index (Phi) is 35.3. The maximum atomic E-state index is 13.3. The number of aliphatic carboxylic acids is 3. The number of carboxylic acid groups (broad SMARTS) is 3. The van der Waals surface area contributed by atoms with Crippen molar-refractivity contribution in [1.29, 1.82) is 0 Å². The molecule has 0 heterocycles. The van der Waals surface area contributed by atoms with E-state index in [1.54, 1.807) is 0 Å². The Morgan fingerprint density at radius 1 is 0.346 bits per heavy atom. The van der Waals surface area contributed by atoms with Gasteiger partial charge in [-0.3, -0.25) is 14.4 Å². The van der Waals surface area contributed by atoms with Crippen LogP contribution in [-0.4, -0.2) is 33.2 Å². The molecule has 0 saturated carbocycles. The third-order valence-corrected chi connectivity index (χ3v) is 11.9. The molecule has 0 aliphatic rings. The van der Waals surface area contributed by atoms with Crippen LogP contribution >= 0.6 is 0 Å². The number of hydrogen-bond donors (Lipinski definition) is 3. The molecule has 0 aromatic rings. The zero-order valence-electron chi connectivity index (χ0n) is 34.9. The monoisotopic (exact) mass is 737 g/mol. The number of rotatable bonds is 42. The SMILES string of the molecule is CCCCCCCCCCCCCCCCC(C(=O)O)C(CCCCCCCCCC)(C(=O)O)C(CCCCCCCCCCCCCC)C(=O)O. The second-order valence-electron chi connectivity index (χ2n) is 16.4. The molecule has 0 radical (unpaired) electrons. The van der Waals surface area contributed by atoms with Crippen LogP contribution in [0.2, 0.25) is 0 Å². The van der Waals surface area contributed by atoms with Gasteiger partial charge in [0.25, 0.3) is 0 Å². The molecule has 0 aliphatic heterocycles. The molecule has 0 bridgehead atoms. The van der Waals surface area contributed by atoms with Gasteiger partial charge in [0.15, 0.2) is 0 Å². The van der Waals surface area contributed by atoms with E-state index in [-0.39, 0.29) is 19.3 Å². The van der Waals surface area contributed by atoms with Crippen LogP contribution in [0, 0.1) is 17.3 Å². The normalized spacial score (nSPS) is 13.9. The van der Waals surface area contributed by atoms with E-state index in [9.17, 15) is 29.7 Å². The lowest BCUT2D eigenvalue weighted by Gasteiger charge is -2.40. The average Bonchev–Trinajstić information content (AvgIpc) is 3.11. The van der Waals surface area contributed by atoms with E-state index in [1.807, 2.05) is 0 Å². The molecule has 0 fully saturated rings. The molecular formula is C46H88O6. The fraction of sp³-hybridized carbons (Fsp3) is 0.935. The molecule has 3 N–H and O–H groups in total. The van der Waals surface area contributed by atoms with Gasteiger partial charge in [-0.25, -0.2) is 0 Å². The van der Waals surface area contributed by atoms with Crippen LogP contribution in [0.5, 0.6) is 0 Å². The Bertz CT molecular complexity index is 828. The largest absolute Gasteiger partial charge is 0.481 e. The van der Waals surface area contributed by atoms with Gasteiger partial charge in [0, 0.05) is 0 Å². The Hall–Kier alpha value is -1.59. The molecule has 3 unspecified atom stereocenters. The van der Waals surface area contributed by atoms with E-state index in [4.69, 9.17) is 0 Å². The van der Waals surface area contributed by atoms with Gasteiger partial charge in [0.1, 0.15) is 0 Å². The van der Waals surface area contributed by atoms with E-state index in [1.165, 1.54) is 135 Å². The van der Waals surface area contributed by atoms with Crippen molar-refractivity contribution < 1.29 is 29.7 Å². The molecule has 0 aliphatic carbocycles. The number of carbonyl (C=O) groups is 3. The summed E-state index contributed by atoms with van der Waals surface area (Å²) in [5.74, 6) is -5.88. The van der Waals surface area contributed by atoms with Crippen LogP contribution in [0.15, 0.2) is 0 Å². The van der Waals surface area contributed by atoms with Crippen molar-refractivity contribution in [2.45, 2.75) is 258 Å². The maximum absolute atomic E-state index is 13.3. The van der Waals surface area contributed by atoms with Gasteiger partial charge in [-0.05, 0) is 19.3 Å². The molecule has 0 spiro atoms. The van der Waals surface area contributed by atoms with Crippen LogP contribution in [-0.2, 0) is 14.4 Å². The highest BCUT2D eigenvalue weighted by Gasteiger charge is 2.56. The van der Waals surface area contributed by atoms with Gasteiger partial charge in [-0.15, -0.1) is 0 Å². The minimum atomic E-state index is -1.78. The topological polar surface area (TPSA) is 112 Å². The van der Waals surface area contributed by atoms with Crippen LogP contribution < -0.4 is 0 Å². The van der Waals surface area contributed by atoms with Gasteiger partial charge in [-0.2, -0.15) is 0 Å². The molecular weight excluding hydrogens is 649 g/mol. The third-order valence-electron chi connectivity index (χ3n) is 11.9. The predicted molar refractivity (Wildman–Crippen MR) is 220 cm³/mol. The summed E-state index contributed by atoms with van der Waals surface area (Å²) in [6, 6.07) is 0. The van der Waals surface area contributed by atoms with Crippen molar-refractivity contribution in [2.75, 3.05) is 0 Å². The van der Waals surface area contributed by atoms with Crippen molar-refractivity contribution in [3.05, 3.63) is 0 Å². The smallest absolute Gasteiger partial charge is 0.311 e. The molecule has 0 aromatic carbocycles. The van der Waals surface area contributed by atoms with Crippen LogP contribution in [0.3, 0.4) is 0 Å². The highest BCUT2D eigenvalue weighted by molar-refractivity contribution is 5.88. The fourth-order valence-corrected chi connectivity index (χ4v) is 8.48. The van der Waals surface area contributed by atoms with Gasteiger partial charge in [0.05, 0.1) is 17.3 Å². The minimum Gasteiger partial charge on any atom is -0.481 e. The molecule has 0 aromatic heterocycles. The summed E-state index contributed by atoms with van der Waals surface area (Å²) in [6.45, 7) is 6.69. The summed E-state index contributed by atoms with van der Waals surface area (Å²) >= 11 is 0. The first-order valence-electron chi connectivity index (χ1n) is 23.0. The molecule has 308 valence electrons. The van der Waals surface area contributed by atoms with Crippen molar-refractivity contribution >= 4 is 17.9 Å². The van der Waals surface area contributed by atoms with Crippen LogP contribution in [0.25, 0.3) is 0 Å². The fourth-order valence-electron chi connectivity index (χ4n) is 8.48.